The summed E-state index contributed by atoms with van der Waals surface area (Å²) in [6.07, 6.45) is 6.25. The normalized spacial score (nSPS) is 26.4. The monoisotopic (exact) mass is 241 g/mol. The van der Waals surface area contributed by atoms with Crippen LogP contribution in [0.15, 0.2) is 18.5 Å². The van der Waals surface area contributed by atoms with Gasteiger partial charge in [-0.25, -0.2) is 0 Å². The molecule has 88 valence electrons. The summed E-state index contributed by atoms with van der Waals surface area (Å²) in [6.45, 7) is 1.37. The quantitative estimate of drug-likeness (QED) is 0.863. The third-order valence-corrected chi connectivity index (χ3v) is 3.36. The van der Waals surface area contributed by atoms with E-state index in [1.807, 2.05) is 6.07 Å². The van der Waals surface area contributed by atoms with Crippen LogP contribution in [0.1, 0.15) is 24.8 Å². The van der Waals surface area contributed by atoms with Crippen molar-refractivity contribution >= 4 is 11.6 Å². The Morgan fingerprint density at radius 3 is 3.12 bits per heavy atom. The van der Waals surface area contributed by atoms with Gasteiger partial charge >= 0.3 is 0 Å². The zero-order chi connectivity index (χ0) is 11.4. The van der Waals surface area contributed by atoms with E-state index in [1.165, 1.54) is 0 Å². The maximum absolute atomic E-state index is 10.5. The molecule has 2 heterocycles. The Kier molecular flexibility index (Phi) is 3.79. The van der Waals surface area contributed by atoms with Gasteiger partial charge in [-0.3, -0.25) is 4.98 Å². The van der Waals surface area contributed by atoms with Crippen molar-refractivity contribution in [1.82, 2.24) is 4.98 Å². The molecule has 1 unspecified atom stereocenters. The Labute approximate surface area is 100 Å². The van der Waals surface area contributed by atoms with E-state index in [4.69, 9.17) is 16.3 Å². The van der Waals surface area contributed by atoms with E-state index in [0.29, 0.717) is 24.5 Å². The van der Waals surface area contributed by atoms with Gasteiger partial charge in [-0.05, 0) is 30.9 Å². The van der Waals surface area contributed by atoms with Gasteiger partial charge in [0.1, 0.15) is 0 Å². The molecule has 1 aromatic heterocycles. The van der Waals surface area contributed by atoms with Gasteiger partial charge in [-0.2, -0.15) is 0 Å². The van der Waals surface area contributed by atoms with Gasteiger partial charge < -0.3 is 9.84 Å². The Hall–Kier alpha value is -0.640. The van der Waals surface area contributed by atoms with Crippen molar-refractivity contribution in [3.8, 4) is 0 Å². The summed E-state index contributed by atoms with van der Waals surface area (Å²) in [4.78, 5) is 3.94. The van der Waals surface area contributed by atoms with Crippen molar-refractivity contribution in [3.63, 3.8) is 0 Å². The SMILES string of the molecule is OC1(Cc2ccncc2Cl)CCCOCC1. The highest BCUT2D eigenvalue weighted by atomic mass is 35.5. The van der Waals surface area contributed by atoms with Gasteiger partial charge in [0, 0.05) is 32.0 Å². The third kappa shape index (κ3) is 2.94. The van der Waals surface area contributed by atoms with Crippen molar-refractivity contribution in [2.45, 2.75) is 31.3 Å². The Balaban J connectivity index is 2.10. The van der Waals surface area contributed by atoms with Crippen molar-refractivity contribution in [2.24, 2.45) is 0 Å². The van der Waals surface area contributed by atoms with Crippen LogP contribution in [0.5, 0.6) is 0 Å². The first kappa shape index (κ1) is 11.8. The number of aromatic nitrogens is 1. The predicted octanol–water partition coefficient (Wildman–Crippen LogP) is 2.21. The second-order valence-corrected chi connectivity index (χ2v) is 4.74. The third-order valence-electron chi connectivity index (χ3n) is 3.02. The van der Waals surface area contributed by atoms with Gasteiger partial charge in [-0.15, -0.1) is 0 Å². The lowest BCUT2D eigenvalue weighted by molar-refractivity contribution is 0.0189. The molecule has 1 aliphatic rings. The van der Waals surface area contributed by atoms with Gasteiger partial charge in [0.25, 0.3) is 0 Å². The average molecular weight is 242 g/mol. The van der Waals surface area contributed by atoms with Crippen LogP contribution < -0.4 is 0 Å². The zero-order valence-electron chi connectivity index (χ0n) is 9.16. The first-order valence-corrected chi connectivity index (χ1v) is 5.96. The van der Waals surface area contributed by atoms with Crippen LogP contribution >= 0.6 is 11.6 Å². The Morgan fingerprint density at radius 1 is 1.44 bits per heavy atom. The molecule has 0 bridgehead atoms. The molecule has 2 rings (SSSR count). The van der Waals surface area contributed by atoms with E-state index in [9.17, 15) is 5.11 Å². The van der Waals surface area contributed by atoms with E-state index < -0.39 is 5.60 Å². The van der Waals surface area contributed by atoms with Gasteiger partial charge in [0.15, 0.2) is 0 Å². The van der Waals surface area contributed by atoms with E-state index in [-0.39, 0.29) is 0 Å². The summed E-state index contributed by atoms with van der Waals surface area (Å²) in [5.74, 6) is 0. The van der Waals surface area contributed by atoms with Crippen molar-refractivity contribution in [2.75, 3.05) is 13.2 Å². The maximum Gasteiger partial charge on any atom is 0.0711 e. The van der Waals surface area contributed by atoms with E-state index in [0.717, 1.165) is 25.0 Å². The van der Waals surface area contributed by atoms with Crippen LogP contribution in [0.3, 0.4) is 0 Å². The highest BCUT2D eigenvalue weighted by Gasteiger charge is 2.29. The fraction of sp³-hybridized carbons (Fsp3) is 0.583. The lowest BCUT2D eigenvalue weighted by Crippen LogP contribution is -2.31. The maximum atomic E-state index is 10.5. The molecule has 1 fully saturated rings. The molecule has 0 aliphatic carbocycles. The minimum absolute atomic E-state index is 0.581. The van der Waals surface area contributed by atoms with Gasteiger partial charge in [-0.1, -0.05) is 11.6 Å². The molecule has 4 heteroatoms. The minimum Gasteiger partial charge on any atom is -0.389 e. The van der Waals surface area contributed by atoms with Crippen molar-refractivity contribution in [3.05, 3.63) is 29.0 Å². The van der Waals surface area contributed by atoms with Gasteiger partial charge in [0.2, 0.25) is 0 Å². The Morgan fingerprint density at radius 2 is 2.31 bits per heavy atom. The molecule has 1 N–H and O–H groups in total. The number of aliphatic hydroxyl groups is 1. The molecule has 16 heavy (non-hydrogen) atoms. The largest absolute Gasteiger partial charge is 0.389 e. The minimum atomic E-state index is -0.679. The number of halogens is 1. The summed E-state index contributed by atoms with van der Waals surface area (Å²) >= 11 is 6.04. The fourth-order valence-electron chi connectivity index (χ4n) is 2.07. The molecular formula is C12H16ClNO2. The number of rotatable bonds is 2. The summed E-state index contributed by atoms with van der Waals surface area (Å²) in [6, 6.07) is 1.87. The van der Waals surface area contributed by atoms with Crippen LogP contribution in [-0.4, -0.2) is 28.9 Å². The van der Waals surface area contributed by atoms with E-state index >= 15 is 0 Å². The average Bonchev–Trinajstić information content (AvgIpc) is 2.47. The number of pyridine rings is 1. The van der Waals surface area contributed by atoms with E-state index in [2.05, 4.69) is 4.98 Å². The molecule has 0 radical (unpaired) electrons. The van der Waals surface area contributed by atoms with E-state index in [1.54, 1.807) is 12.4 Å². The number of ether oxygens (including phenoxy) is 1. The molecule has 0 amide bonds. The highest BCUT2D eigenvalue weighted by molar-refractivity contribution is 6.31. The second kappa shape index (κ2) is 5.13. The smallest absolute Gasteiger partial charge is 0.0711 e. The summed E-state index contributed by atoms with van der Waals surface area (Å²) < 4.78 is 5.35. The molecule has 1 aromatic rings. The fourth-order valence-corrected chi connectivity index (χ4v) is 2.26. The lowest BCUT2D eigenvalue weighted by Gasteiger charge is -2.26. The summed E-state index contributed by atoms with van der Waals surface area (Å²) in [5, 5.41) is 11.1. The molecule has 0 aromatic carbocycles. The van der Waals surface area contributed by atoms with Crippen LogP contribution in [0.2, 0.25) is 5.02 Å². The van der Waals surface area contributed by atoms with Crippen LogP contribution in [0.4, 0.5) is 0 Å². The number of hydrogen-bond acceptors (Lipinski definition) is 3. The molecule has 0 saturated carbocycles. The summed E-state index contributed by atoms with van der Waals surface area (Å²) in [7, 11) is 0. The molecule has 1 aliphatic heterocycles. The second-order valence-electron chi connectivity index (χ2n) is 4.33. The summed E-state index contributed by atoms with van der Waals surface area (Å²) in [5.41, 5.74) is 0.280. The standard InChI is InChI=1S/C12H16ClNO2/c13-11-9-14-5-2-10(11)8-12(15)3-1-6-16-7-4-12/h2,5,9,15H,1,3-4,6-8H2. The van der Waals surface area contributed by atoms with Crippen LogP contribution in [0, 0.1) is 0 Å². The lowest BCUT2D eigenvalue weighted by atomic mass is 9.88. The number of hydrogen-bond donors (Lipinski definition) is 1. The van der Waals surface area contributed by atoms with Crippen molar-refractivity contribution in [1.29, 1.82) is 0 Å². The first-order chi connectivity index (χ1) is 7.70. The predicted molar refractivity (Wildman–Crippen MR) is 62.6 cm³/mol. The molecule has 3 nitrogen and oxygen atoms in total. The number of nitrogens with zero attached hydrogens (tertiary/aromatic N) is 1. The molecular weight excluding hydrogens is 226 g/mol. The van der Waals surface area contributed by atoms with Crippen LogP contribution in [-0.2, 0) is 11.2 Å². The Bertz CT molecular complexity index is 349. The first-order valence-electron chi connectivity index (χ1n) is 5.58. The molecule has 1 saturated heterocycles. The molecule has 1 atom stereocenters. The highest BCUT2D eigenvalue weighted by Crippen LogP contribution is 2.28. The van der Waals surface area contributed by atoms with Crippen LogP contribution in [0.25, 0.3) is 0 Å². The van der Waals surface area contributed by atoms with Crippen molar-refractivity contribution < 1.29 is 9.84 Å². The molecule has 0 spiro atoms. The zero-order valence-corrected chi connectivity index (χ0v) is 9.91. The topological polar surface area (TPSA) is 42.4 Å². The van der Waals surface area contributed by atoms with Gasteiger partial charge in [0.05, 0.1) is 10.6 Å².